The molecule has 0 saturated heterocycles. The van der Waals surface area contributed by atoms with E-state index in [0.717, 1.165) is 4.47 Å². The van der Waals surface area contributed by atoms with E-state index in [-0.39, 0.29) is 0 Å². The second kappa shape index (κ2) is 6.21. The predicted molar refractivity (Wildman–Crippen MR) is 78.7 cm³/mol. The van der Waals surface area contributed by atoms with Crippen molar-refractivity contribution in [3.63, 3.8) is 0 Å². The van der Waals surface area contributed by atoms with Gasteiger partial charge < -0.3 is 0 Å². The highest BCUT2D eigenvalue weighted by molar-refractivity contribution is 9.10. The molecular weight excluding hydrogens is 272 g/mol. The van der Waals surface area contributed by atoms with Crippen LogP contribution < -0.4 is 0 Å². The van der Waals surface area contributed by atoms with Crippen LogP contribution in [0.3, 0.4) is 0 Å². The number of hydrogen-bond acceptors (Lipinski definition) is 0. The maximum absolute atomic E-state index is 3.46. The van der Waals surface area contributed by atoms with E-state index in [1.165, 1.54) is 11.1 Å². The Kier molecular flexibility index (Phi) is 4.34. The lowest BCUT2D eigenvalue weighted by Gasteiger charge is -1.93. The van der Waals surface area contributed by atoms with Crippen molar-refractivity contribution in [1.82, 2.24) is 0 Å². The smallest absolute Gasteiger partial charge is 0.0181 e. The summed E-state index contributed by atoms with van der Waals surface area (Å²) < 4.78 is 1.10. The van der Waals surface area contributed by atoms with Gasteiger partial charge in [-0.25, -0.2) is 0 Å². The first-order valence-electron chi connectivity index (χ1n) is 5.50. The van der Waals surface area contributed by atoms with Crippen molar-refractivity contribution >= 4 is 28.1 Å². The third-order valence-electron chi connectivity index (χ3n) is 2.34. The first-order valence-corrected chi connectivity index (χ1v) is 6.29. The standard InChI is InChI=1S/C16H13Br/c17-16-12-6-11-15(13-16)10-5-4-9-14-7-2-1-3-8-14/h1-13H/b9-4-,10-5+. The van der Waals surface area contributed by atoms with E-state index in [4.69, 9.17) is 0 Å². The maximum atomic E-state index is 3.46. The molecular formula is C16H13Br. The van der Waals surface area contributed by atoms with Gasteiger partial charge in [-0.1, -0.05) is 82.7 Å². The van der Waals surface area contributed by atoms with Crippen molar-refractivity contribution in [2.24, 2.45) is 0 Å². The lowest BCUT2D eigenvalue weighted by atomic mass is 10.2. The average molecular weight is 285 g/mol. The quantitative estimate of drug-likeness (QED) is 0.682. The molecule has 0 unspecified atom stereocenters. The molecule has 0 spiro atoms. The van der Waals surface area contributed by atoms with E-state index < -0.39 is 0 Å². The largest absolute Gasteiger partial charge is 0.0622 e. The highest BCUT2D eigenvalue weighted by Crippen LogP contribution is 2.12. The van der Waals surface area contributed by atoms with Crippen LogP contribution in [0, 0.1) is 0 Å². The summed E-state index contributed by atoms with van der Waals surface area (Å²) in [6.45, 7) is 0. The van der Waals surface area contributed by atoms with Gasteiger partial charge in [-0.15, -0.1) is 0 Å². The fraction of sp³-hybridized carbons (Fsp3) is 0. The van der Waals surface area contributed by atoms with Gasteiger partial charge in [0.2, 0.25) is 0 Å². The Labute approximate surface area is 110 Å². The van der Waals surface area contributed by atoms with Crippen LogP contribution in [0.15, 0.2) is 71.2 Å². The first-order chi connectivity index (χ1) is 8.34. The molecule has 0 N–H and O–H groups in total. The minimum atomic E-state index is 1.10. The van der Waals surface area contributed by atoms with Crippen LogP contribution in [0.5, 0.6) is 0 Å². The molecule has 0 aromatic heterocycles. The molecule has 2 aromatic carbocycles. The van der Waals surface area contributed by atoms with Crippen molar-refractivity contribution in [2.45, 2.75) is 0 Å². The summed E-state index contributed by atoms with van der Waals surface area (Å²) in [6.07, 6.45) is 8.28. The summed E-state index contributed by atoms with van der Waals surface area (Å²) in [5.41, 5.74) is 2.41. The lowest BCUT2D eigenvalue weighted by Crippen LogP contribution is -1.70. The SMILES string of the molecule is Brc1cccc(/C=C/C=C\c2ccccc2)c1. The van der Waals surface area contributed by atoms with E-state index in [0.29, 0.717) is 0 Å². The molecule has 0 saturated carbocycles. The molecule has 0 atom stereocenters. The highest BCUT2D eigenvalue weighted by atomic mass is 79.9. The average Bonchev–Trinajstić information content (AvgIpc) is 2.36. The molecule has 84 valence electrons. The van der Waals surface area contributed by atoms with Crippen LogP contribution in [0.4, 0.5) is 0 Å². The monoisotopic (exact) mass is 284 g/mol. The number of benzene rings is 2. The fourth-order valence-corrected chi connectivity index (χ4v) is 1.92. The minimum Gasteiger partial charge on any atom is -0.0622 e. The lowest BCUT2D eigenvalue weighted by molar-refractivity contribution is 1.61. The summed E-state index contributed by atoms with van der Waals surface area (Å²) in [6, 6.07) is 18.5. The third-order valence-corrected chi connectivity index (χ3v) is 2.83. The van der Waals surface area contributed by atoms with E-state index >= 15 is 0 Å². The molecule has 0 aliphatic heterocycles. The Morgan fingerprint density at radius 1 is 0.706 bits per heavy atom. The van der Waals surface area contributed by atoms with E-state index in [2.05, 4.69) is 64.5 Å². The summed E-state index contributed by atoms with van der Waals surface area (Å²) >= 11 is 3.46. The topological polar surface area (TPSA) is 0 Å². The van der Waals surface area contributed by atoms with Crippen LogP contribution in [0.25, 0.3) is 12.2 Å². The molecule has 2 aromatic rings. The van der Waals surface area contributed by atoms with Gasteiger partial charge in [0.25, 0.3) is 0 Å². The number of halogens is 1. The zero-order valence-electron chi connectivity index (χ0n) is 9.38. The Bertz CT molecular complexity index is 524. The van der Waals surface area contributed by atoms with Crippen molar-refractivity contribution in [1.29, 1.82) is 0 Å². The van der Waals surface area contributed by atoms with Gasteiger partial charge in [0, 0.05) is 4.47 Å². The fourth-order valence-electron chi connectivity index (χ4n) is 1.51. The Hall–Kier alpha value is -1.60. The van der Waals surface area contributed by atoms with Gasteiger partial charge in [0.1, 0.15) is 0 Å². The second-order valence-corrected chi connectivity index (χ2v) is 4.60. The van der Waals surface area contributed by atoms with Gasteiger partial charge in [-0.2, -0.15) is 0 Å². The zero-order chi connectivity index (χ0) is 11.9. The molecule has 2 rings (SSSR count). The molecule has 0 bridgehead atoms. The molecule has 0 amide bonds. The highest BCUT2D eigenvalue weighted by Gasteiger charge is 1.87. The first kappa shape index (κ1) is 11.9. The second-order valence-electron chi connectivity index (χ2n) is 3.68. The van der Waals surface area contributed by atoms with Gasteiger partial charge >= 0.3 is 0 Å². The number of hydrogen-bond donors (Lipinski definition) is 0. The Balaban J connectivity index is 2.01. The molecule has 0 nitrogen and oxygen atoms in total. The minimum absolute atomic E-state index is 1.10. The van der Waals surface area contributed by atoms with Crippen LogP contribution >= 0.6 is 15.9 Å². The summed E-state index contributed by atoms with van der Waals surface area (Å²) in [7, 11) is 0. The molecule has 1 heteroatoms. The molecule has 0 heterocycles. The van der Waals surface area contributed by atoms with Crippen molar-refractivity contribution < 1.29 is 0 Å². The molecule has 0 aliphatic rings. The van der Waals surface area contributed by atoms with Crippen molar-refractivity contribution in [3.8, 4) is 0 Å². The third kappa shape index (κ3) is 4.04. The Morgan fingerprint density at radius 2 is 1.35 bits per heavy atom. The van der Waals surface area contributed by atoms with Crippen LogP contribution in [-0.2, 0) is 0 Å². The van der Waals surface area contributed by atoms with Gasteiger partial charge in [-0.3, -0.25) is 0 Å². The molecule has 0 aliphatic carbocycles. The van der Waals surface area contributed by atoms with Crippen molar-refractivity contribution in [3.05, 3.63) is 82.3 Å². The summed E-state index contributed by atoms with van der Waals surface area (Å²) in [4.78, 5) is 0. The van der Waals surface area contributed by atoms with Crippen molar-refractivity contribution in [2.75, 3.05) is 0 Å². The summed E-state index contributed by atoms with van der Waals surface area (Å²) in [5, 5.41) is 0. The van der Waals surface area contributed by atoms with E-state index in [9.17, 15) is 0 Å². The predicted octanol–water partition coefficient (Wildman–Crippen LogP) is 5.18. The van der Waals surface area contributed by atoms with Gasteiger partial charge in [-0.05, 0) is 23.3 Å². The number of allylic oxidation sites excluding steroid dienone is 2. The van der Waals surface area contributed by atoms with E-state index in [1.807, 2.05) is 30.3 Å². The van der Waals surface area contributed by atoms with Crippen LogP contribution in [-0.4, -0.2) is 0 Å². The van der Waals surface area contributed by atoms with Gasteiger partial charge in [0.15, 0.2) is 0 Å². The molecule has 17 heavy (non-hydrogen) atoms. The maximum Gasteiger partial charge on any atom is 0.0181 e. The number of rotatable bonds is 3. The Morgan fingerprint density at radius 3 is 2.06 bits per heavy atom. The molecule has 0 radical (unpaired) electrons. The van der Waals surface area contributed by atoms with Crippen LogP contribution in [0.1, 0.15) is 11.1 Å². The zero-order valence-corrected chi connectivity index (χ0v) is 11.0. The summed E-state index contributed by atoms with van der Waals surface area (Å²) in [5.74, 6) is 0. The van der Waals surface area contributed by atoms with Gasteiger partial charge in [0.05, 0.1) is 0 Å². The normalized spacial score (nSPS) is 11.4. The van der Waals surface area contributed by atoms with E-state index in [1.54, 1.807) is 0 Å². The molecule has 0 fully saturated rings. The van der Waals surface area contributed by atoms with Crippen LogP contribution in [0.2, 0.25) is 0 Å².